The van der Waals surface area contributed by atoms with Gasteiger partial charge in [0.25, 0.3) is 0 Å². The van der Waals surface area contributed by atoms with Crippen LogP contribution in [-0.2, 0) is 6.42 Å². The van der Waals surface area contributed by atoms with Gasteiger partial charge in [-0.1, -0.05) is 19.8 Å². The molecule has 0 heterocycles. The molecule has 0 aliphatic heterocycles. The molecule has 4 heteroatoms. The molecule has 1 fully saturated rings. The van der Waals surface area contributed by atoms with E-state index in [1.165, 1.54) is 24.8 Å². The van der Waals surface area contributed by atoms with E-state index in [-0.39, 0.29) is 0 Å². The summed E-state index contributed by atoms with van der Waals surface area (Å²) in [4.78, 5) is 0. The quantitative estimate of drug-likeness (QED) is 0.826. The van der Waals surface area contributed by atoms with E-state index in [4.69, 9.17) is 15.2 Å². The Morgan fingerprint density at radius 2 is 2.14 bits per heavy atom. The molecule has 0 bridgehead atoms. The van der Waals surface area contributed by atoms with Crippen LogP contribution in [0.15, 0.2) is 16.6 Å². The van der Waals surface area contributed by atoms with Crippen molar-refractivity contribution < 1.29 is 9.47 Å². The van der Waals surface area contributed by atoms with Crippen molar-refractivity contribution in [3.8, 4) is 11.5 Å². The van der Waals surface area contributed by atoms with Gasteiger partial charge in [-0.25, -0.2) is 0 Å². The van der Waals surface area contributed by atoms with Crippen LogP contribution in [0.3, 0.4) is 0 Å². The number of hydrogen-bond donors (Lipinski definition) is 1. The molecule has 0 amide bonds. The Kier molecular flexibility index (Phi) is 6.37. The first-order valence-corrected chi connectivity index (χ1v) is 8.70. The number of halogens is 1. The predicted molar refractivity (Wildman–Crippen MR) is 90.1 cm³/mol. The van der Waals surface area contributed by atoms with Gasteiger partial charge in [0.1, 0.15) is 0 Å². The van der Waals surface area contributed by atoms with Crippen LogP contribution in [0, 0.1) is 5.92 Å². The Morgan fingerprint density at radius 3 is 2.81 bits per heavy atom. The SMILES string of the molecule is CCC1CCCC(Oc2c(Br)cc(CCN)cc2OC)C1. The molecule has 0 saturated heterocycles. The maximum atomic E-state index is 6.27. The van der Waals surface area contributed by atoms with Crippen LogP contribution in [-0.4, -0.2) is 19.8 Å². The standard InChI is InChI=1S/C17H26BrNO2/c1-3-12-5-4-6-14(9-12)21-17-15(18)10-13(7-8-19)11-16(17)20-2/h10-12,14H,3-9,19H2,1-2H3. The number of rotatable bonds is 6. The topological polar surface area (TPSA) is 44.5 Å². The minimum absolute atomic E-state index is 0.300. The lowest BCUT2D eigenvalue weighted by Gasteiger charge is -2.29. The van der Waals surface area contributed by atoms with Crippen molar-refractivity contribution in [2.24, 2.45) is 11.7 Å². The second-order valence-electron chi connectivity index (χ2n) is 5.83. The summed E-state index contributed by atoms with van der Waals surface area (Å²) in [6.07, 6.45) is 7.27. The van der Waals surface area contributed by atoms with Crippen molar-refractivity contribution in [3.63, 3.8) is 0 Å². The maximum Gasteiger partial charge on any atom is 0.175 e. The Hall–Kier alpha value is -0.740. The van der Waals surface area contributed by atoms with Gasteiger partial charge in [0.05, 0.1) is 17.7 Å². The lowest BCUT2D eigenvalue weighted by Crippen LogP contribution is -2.25. The fourth-order valence-electron chi connectivity index (χ4n) is 3.08. The van der Waals surface area contributed by atoms with Gasteiger partial charge < -0.3 is 15.2 Å². The van der Waals surface area contributed by atoms with Crippen LogP contribution in [0.25, 0.3) is 0 Å². The molecule has 2 N–H and O–H groups in total. The zero-order chi connectivity index (χ0) is 15.2. The first kappa shape index (κ1) is 16.6. The average Bonchev–Trinajstić information content (AvgIpc) is 2.50. The zero-order valence-corrected chi connectivity index (χ0v) is 14.6. The fourth-order valence-corrected chi connectivity index (χ4v) is 3.67. The fraction of sp³-hybridized carbons (Fsp3) is 0.647. The van der Waals surface area contributed by atoms with Gasteiger partial charge in [0.15, 0.2) is 11.5 Å². The smallest absolute Gasteiger partial charge is 0.175 e. The Balaban J connectivity index is 2.15. The van der Waals surface area contributed by atoms with Crippen LogP contribution in [0.5, 0.6) is 11.5 Å². The average molecular weight is 356 g/mol. The molecule has 1 aliphatic carbocycles. The van der Waals surface area contributed by atoms with E-state index in [1.54, 1.807) is 7.11 Å². The minimum atomic E-state index is 0.300. The highest BCUT2D eigenvalue weighted by molar-refractivity contribution is 9.10. The number of hydrogen-bond acceptors (Lipinski definition) is 3. The maximum absolute atomic E-state index is 6.27. The third-order valence-corrected chi connectivity index (χ3v) is 4.91. The summed E-state index contributed by atoms with van der Waals surface area (Å²) in [5.74, 6) is 2.43. The molecule has 2 atom stereocenters. The Labute approximate surface area is 136 Å². The molecule has 1 aromatic carbocycles. The van der Waals surface area contributed by atoms with E-state index in [1.807, 2.05) is 6.07 Å². The first-order valence-electron chi connectivity index (χ1n) is 7.91. The van der Waals surface area contributed by atoms with Crippen LogP contribution >= 0.6 is 15.9 Å². The van der Waals surface area contributed by atoms with Crippen LogP contribution in [0.1, 0.15) is 44.6 Å². The second kappa shape index (κ2) is 8.04. The summed E-state index contributed by atoms with van der Waals surface area (Å²) in [7, 11) is 1.69. The molecular weight excluding hydrogens is 330 g/mol. The molecule has 0 spiro atoms. The van der Waals surface area contributed by atoms with Gasteiger partial charge in [-0.05, 0) is 71.8 Å². The third kappa shape index (κ3) is 4.36. The lowest BCUT2D eigenvalue weighted by molar-refractivity contribution is 0.117. The highest BCUT2D eigenvalue weighted by atomic mass is 79.9. The van der Waals surface area contributed by atoms with Crippen molar-refractivity contribution in [2.75, 3.05) is 13.7 Å². The summed E-state index contributed by atoms with van der Waals surface area (Å²) >= 11 is 3.62. The van der Waals surface area contributed by atoms with E-state index < -0.39 is 0 Å². The number of nitrogens with two attached hydrogens (primary N) is 1. The second-order valence-corrected chi connectivity index (χ2v) is 6.68. The van der Waals surface area contributed by atoms with Gasteiger partial charge >= 0.3 is 0 Å². The summed E-state index contributed by atoms with van der Waals surface area (Å²) in [6.45, 7) is 2.90. The molecule has 1 aromatic rings. The number of ether oxygens (including phenoxy) is 2. The molecule has 21 heavy (non-hydrogen) atoms. The summed E-state index contributed by atoms with van der Waals surface area (Å²) < 4.78 is 12.7. The van der Waals surface area contributed by atoms with Crippen LogP contribution in [0.2, 0.25) is 0 Å². The number of methoxy groups -OCH3 is 1. The van der Waals surface area contributed by atoms with Crippen molar-refractivity contribution in [3.05, 3.63) is 22.2 Å². The first-order chi connectivity index (χ1) is 10.2. The number of benzene rings is 1. The van der Waals surface area contributed by atoms with Crippen LogP contribution < -0.4 is 15.2 Å². The molecule has 1 aliphatic rings. The van der Waals surface area contributed by atoms with E-state index in [0.717, 1.165) is 41.2 Å². The lowest BCUT2D eigenvalue weighted by atomic mass is 9.85. The molecule has 2 rings (SSSR count). The van der Waals surface area contributed by atoms with Crippen molar-refractivity contribution in [1.82, 2.24) is 0 Å². The molecule has 3 nitrogen and oxygen atoms in total. The van der Waals surface area contributed by atoms with Crippen molar-refractivity contribution >= 4 is 15.9 Å². The van der Waals surface area contributed by atoms with E-state index in [9.17, 15) is 0 Å². The minimum Gasteiger partial charge on any atom is -0.493 e. The largest absolute Gasteiger partial charge is 0.493 e. The summed E-state index contributed by atoms with van der Waals surface area (Å²) in [6, 6.07) is 4.12. The normalized spacial score (nSPS) is 22.1. The van der Waals surface area contributed by atoms with Crippen LogP contribution in [0.4, 0.5) is 0 Å². The van der Waals surface area contributed by atoms with Gasteiger partial charge in [-0.2, -0.15) is 0 Å². The van der Waals surface area contributed by atoms with E-state index in [2.05, 4.69) is 28.9 Å². The summed E-state index contributed by atoms with van der Waals surface area (Å²) in [5, 5.41) is 0. The highest BCUT2D eigenvalue weighted by Gasteiger charge is 2.24. The monoisotopic (exact) mass is 355 g/mol. The zero-order valence-electron chi connectivity index (χ0n) is 13.0. The van der Waals surface area contributed by atoms with Gasteiger partial charge in [0.2, 0.25) is 0 Å². The molecule has 118 valence electrons. The highest BCUT2D eigenvalue weighted by Crippen LogP contribution is 2.39. The van der Waals surface area contributed by atoms with E-state index in [0.29, 0.717) is 12.6 Å². The van der Waals surface area contributed by atoms with Gasteiger partial charge in [-0.15, -0.1) is 0 Å². The molecule has 0 radical (unpaired) electrons. The molecular formula is C17H26BrNO2. The van der Waals surface area contributed by atoms with Crippen molar-refractivity contribution in [2.45, 2.75) is 51.6 Å². The predicted octanol–water partition coefficient (Wildman–Crippen LogP) is 4.31. The Morgan fingerprint density at radius 1 is 1.33 bits per heavy atom. The molecule has 1 saturated carbocycles. The Bertz CT molecular complexity index is 464. The summed E-state index contributed by atoms with van der Waals surface area (Å²) in [5.41, 5.74) is 6.80. The van der Waals surface area contributed by atoms with Gasteiger partial charge in [0, 0.05) is 0 Å². The van der Waals surface area contributed by atoms with Crippen molar-refractivity contribution in [1.29, 1.82) is 0 Å². The van der Waals surface area contributed by atoms with E-state index >= 15 is 0 Å². The third-order valence-electron chi connectivity index (χ3n) is 4.32. The molecule has 0 aromatic heterocycles. The molecule has 2 unspecified atom stereocenters. The van der Waals surface area contributed by atoms with Gasteiger partial charge in [-0.3, -0.25) is 0 Å².